The molecule has 150 valence electrons. The standard InChI is InChI=1S/C22H17FN4O2S/c1-29-21(28)16-7-4-6-15(12-16)14-30-22-26-25-20(17-8-5-11-24-13-17)27(22)19-10-3-2-9-18(19)23/h2-13H,14H2,1H3. The maximum Gasteiger partial charge on any atom is 0.337 e. The molecule has 0 aliphatic heterocycles. The van der Waals surface area contributed by atoms with E-state index in [2.05, 4.69) is 15.2 Å². The number of rotatable bonds is 6. The molecule has 0 N–H and O–H groups in total. The van der Waals surface area contributed by atoms with Crippen LogP contribution >= 0.6 is 11.8 Å². The Balaban J connectivity index is 1.70. The molecule has 8 heteroatoms. The van der Waals surface area contributed by atoms with E-state index in [9.17, 15) is 9.18 Å². The van der Waals surface area contributed by atoms with Crippen LogP contribution < -0.4 is 0 Å². The van der Waals surface area contributed by atoms with Gasteiger partial charge in [0.2, 0.25) is 0 Å². The largest absolute Gasteiger partial charge is 0.465 e. The van der Waals surface area contributed by atoms with Gasteiger partial charge in [0.05, 0.1) is 18.4 Å². The number of esters is 1. The molecule has 0 radical (unpaired) electrons. The van der Waals surface area contributed by atoms with Gasteiger partial charge < -0.3 is 4.74 Å². The Labute approximate surface area is 176 Å². The molecule has 0 saturated carbocycles. The van der Waals surface area contributed by atoms with Crippen molar-refractivity contribution in [3.63, 3.8) is 0 Å². The van der Waals surface area contributed by atoms with E-state index in [-0.39, 0.29) is 5.82 Å². The molecule has 0 spiro atoms. The number of hydrogen-bond acceptors (Lipinski definition) is 6. The lowest BCUT2D eigenvalue weighted by Crippen LogP contribution is -2.03. The zero-order valence-electron chi connectivity index (χ0n) is 16.0. The van der Waals surface area contributed by atoms with Crippen molar-refractivity contribution in [3.8, 4) is 17.1 Å². The van der Waals surface area contributed by atoms with E-state index in [4.69, 9.17) is 4.74 Å². The number of benzene rings is 2. The van der Waals surface area contributed by atoms with Crippen LogP contribution in [0.5, 0.6) is 0 Å². The normalized spacial score (nSPS) is 10.7. The Hall–Kier alpha value is -3.52. The minimum atomic E-state index is -0.393. The van der Waals surface area contributed by atoms with Crippen LogP contribution in [0.1, 0.15) is 15.9 Å². The summed E-state index contributed by atoms with van der Waals surface area (Å²) in [5.41, 5.74) is 2.47. The zero-order chi connectivity index (χ0) is 20.9. The van der Waals surface area contributed by atoms with Gasteiger partial charge in [0, 0.05) is 23.7 Å². The van der Waals surface area contributed by atoms with Gasteiger partial charge in [-0.1, -0.05) is 36.0 Å². The lowest BCUT2D eigenvalue weighted by molar-refractivity contribution is 0.0600. The molecule has 2 aromatic heterocycles. The molecule has 30 heavy (non-hydrogen) atoms. The number of hydrogen-bond donors (Lipinski definition) is 0. The van der Waals surface area contributed by atoms with Gasteiger partial charge in [-0.15, -0.1) is 10.2 Å². The van der Waals surface area contributed by atoms with Crippen LogP contribution in [0.3, 0.4) is 0 Å². The van der Waals surface area contributed by atoms with Gasteiger partial charge in [-0.05, 0) is 42.0 Å². The second-order valence-corrected chi connectivity index (χ2v) is 7.26. The number of halogens is 1. The number of ether oxygens (including phenoxy) is 1. The average Bonchev–Trinajstić information content (AvgIpc) is 3.22. The average molecular weight is 420 g/mol. The number of carbonyl (C=O) groups is 1. The fourth-order valence-corrected chi connectivity index (χ4v) is 3.84. The van der Waals surface area contributed by atoms with Gasteiger partial charge in [-0.3, -0.25) is 9.55 Å². The Morgan fingerprint density at radius 1 is 1.10 bits per heavy atom. The molecule has 6 nitrogen and oxygen atoms in total. The first-order valence-electron chi connectivity index (χ1n) is 9.08. The van der Waals surface area contributed by atoms with Crippen LogP contribution in [0.2, 0.25) is 0 Å². The summed E-state index contributed by atoms with van der Waals surface area (Å²) in [5.74, 6) is 0.246. The fraction of sp³-hybridized carbons (Fsp3) is 0.0909. The highest BCUT2D eigenvalue weighted by atomic mass is 32.2. The zero-order valence-corrected chi connectivity index (χ0v) is 16.8. The van der Waals surface area contributed by atoms with E-state index < -0.39 is 5.97 Å². The maximum atomic E-state index is 14.6. The van der Waals surface area contributed by atoms with E-state index in [0.29, 0.717) is 28.0 Å². The fourth-order valence-electron chi connectivity index (χ4n) is 2.95. The lowest BCUT2D eigenvalue weighted by atomic mass is 10.1. The van der Waals surface area contributed by atoms with Gasteiger partial charge in [0.1, 0.15) is 5.82 Å². The highest BCUT2D eigenvalue weighted by Crippen LogP contribution is 2.30. The van der Waals surface area contributed by atoms with Gasteiger partial charge in [-0.2, -0.15) is 0 Å². The van der Waals surface area contributed by atoms with Crippen molar-refractivity contribution in [2.75, 3.05) is 7.11 Å². The molecule has 4 rings (SSSR count). The smallest absolute Gasteiger partial charge is 0.337 e. The second kappa shape index (κ2) is 8.87. The SMILES string of the molecule is COC(=O)c1cccc(CSc2nnc(-c3cccnc3)n2-c2ccccc2F)c1. The summed E-state index contributed by atoms with van der Waals surface area (Å²) in [4.78, 5) is 15.9. The Kier molecular flexibility index (Phi) is 5.85. The number of carbonyl (C=O) groups excluding carboxylic acids is 1. The van der Waals surface area contributed by atoms with Gasteiger partial charge in [0.15, 0.2) is 11.0 Å². The first kappa shape index (κ1) is 19.8. The van der Waals surface area contributed by atoms with Crippen LogP contribution in [0.25, 0.3) is 17.1 Å². The van der Waals surface area contributed by atoms with E-state index in [1.807, 2.05) is 12.1 Å². The third-order valence-electron chi connectivity index (χ3n) is 4.36. The summed E-state index contributed by atoms with van der Waals surface area (Å²) < 4.78 is 21.1. The van der Waals surface area contributed by atoms with Gasteiger partial charge >= 0.3 is 5.97 Å². The number of nitrogens with zero attached hydrogens (tertiary/aromatic N) is 4. The maximum absolute atomic E-state index is 14.6. The summed E-state index contributed by atoms with van der Waals surface area (Å²) in [7, 11) is 1.35. The van der Waals surface area contributed by atoms with E-state index in [1.165, 1.54) is 24.9 Å². The molecule has 0 unspecified atom stereocenters. The van der Waals surface area contributed by atoms with Crippen molar-refractivity contribution in [1.82, 2.24) is 19.7 Å². The number of aromatic nitrogens is 4. The minimum Gasteiger partial charge on any atom is -0.465 e. The second-order valence-electron chi connectivity index (χ2n) is 6.32. The van der Waals surface area contributed by atoms with Crippen LogP contribution in [0.15, 0.2) is 78.2 Å². The van der Waals surface area contributed by atoms with Crippen molar-refractivity contribution in [2.24, 2.45) is 0 Å². The first-order valence-corrected chi connectivity index (χ1v) is 10.1. The van der Waals surface area contributed by atoms with E-state index in [0.717, 1.165) is 11.1 Å². The van der Waals surface area contributed by atoms with Crippen LogP contribution in [-0.2, 0) is 10.5 Å². The molecule has 0 aliphatic rings. The predicted molar refractivity (Wildman–Crippen MR) is 112 cm³/mol. The molecule has 0 fully saturated rings. The summed E-state index contributed by atoms with van der Waals surface area (Å²) in [6.45, 7) is 0. The summed E-state index contributed by atoms with van der Waals surface area (Å²) >= 11 is 1.40. The number of methoxy groups -OCH3 is 1. The Bertz CT molecular complexity index is 1180. The lowest BCUT2D eigenvalue weighted by Gasteiger charge is -2.11. The summed E-state index contributed by atoms with van der Waals surface area (Å²) in [6, 6.07) is 17.3. The number of para-hydroxylation sites is 1. The Morgan fingerprint density at radius 3 is 2.73 bits per heavy atom. The Morgan fingerprint density at radius 2 is 1.97 bits per heavy atom. The highest BCUT2D eigenvalue weighted by Gasteiger charge is 2.19. The molecular formula is C22H17FN4O2S. The molecule has 0 amide bonds. The van der Waals surface area contributed by atoms with Crippen molar-refractivity contribution in [3.05, 3.63) is 90.0 Å². The molecule has 0 aliphatic carbocycles. The number of pyridine rings is 1. The van der Waals surface area contributed by atoms with Crippen molar-refractivity contribution in [2.45, 2.75) is 10.9 Å². The summed E-state index contributed by atoms with van der Waals surface area (Å²) in [5, 5.41) is 9.11. The molecular weight excluding hydrogens is 403 g/mol. The monoisotopic (exact) mass is 420 g/mol. The van der Waals surface area contributed by atoms with Crippen molar-refractivity contribution in [1.29, 1.82) is 0 Å². The molecule has 2 heterocycles. The molecule has 0 saturated heterocycles. The highest BCUT2D eigenvalue weighted by molar-refractivity contribution is 7.98. The van der Waals surface area contributed by atoms with Gasteiger partial charge in [0.25, 0.3) is 0 Å². The first-order chi connectivity index (χ1) is 14.7. The molecule has 0 atom stereocenters. The van der Waals surface area contributed by atoms with E-state index >= 15 is 0 Å². The van der Waals surface area contributed by atoms with Crippen LogP contribution in [0, 0.1) is 5.82 Å². The number of thioether (sulfide) groups is 1. The third kappa shape index (κ3) is 4.08. The van der Waals surface area contributed by atoms with Crippen LogP contribution in [0.4, 0.5) is 4.39 Å². The summed E-state index contributed by atoms with van der Waals surface area (Å²) in [6.07, 6.45) is 3.33. The molecule has 4 aromatic rings. The topological polar surface area (TPSA) is 69.9 Å². The van der Waals surface area contributed by atoms with Crippen LogP contribution in [-0.4, -0.2) is 32.8 Å². The van der Waals surface area contributed by atoms with Crippen molar-refractivity contribution < 1.29 is 13.9 Å². The van der Waals surface area contributed by atoms with Crippen molar-refractivity contribution >= 4 is 17.7 Å². The minimum absolute atomic E-state index is 0.354. The quantitative estimate of drug-likeness (QED) is 0.337. The van der Waals surface area contributed by atoms with E-state index in [1.54, 1.807) is 59.4 Å². The third-order valence-corrected chi connectivity index (χ3v) is 5.36. The molecule has 0 bridgehead atoms. The van der Waals surface area contributed by atoms with Gasteiger partial charge in [-0.25, -0.2) is 9.18 Å². The predicted octanol–water partition coefficient (Wildman–Crippen LogP) is 4.55. The molecule has 2 aromatic carbocycles.